The van der Waals surface area contributed by atoms with Crippen LogP contribution in [0.25, 0.3) is 0 Å². The molecule has 0 amide bonds. The fourth-order valence-electron chi connectivity index (χ4n) is 2.20. The van der Waals surface area contributed by atoms with Crippen LogP contribution < -0.4 is 5.32 Å². The summed E-state index contributed by atoms with van der Waals surface area (Å²) in [5, 5.41) is 3.61. The van der Waals surface area contributed by atoms with Crippen molar-refractivity contribution < 1.29 is 0 Å². The Morgan fingerprint density at radius 3 is 2.42 bits per heavy atom. The largest absolute Gasteiger partial charge is 0.316 e. The summed E-state index contributed by atoms with van der Waals surface area (Å²) < 4.78 is 0. The van der Waals surface area contributed by atoms with Crippen LogP contribution in [0.3, 0.4) is 0 Å². The third-order valence-electron chi connectivity index (χ3n) is 3.37. The molecule has 1 nitrogen and oxygen atoms in total. The topological polar surface area (TPSA) is 12.0 Å². The molecule has 0 radical (unpaired) electrons. The van der Waals surface area contributed by atoms with Gasteiger partial charge in [0, 0.05) is 6.54 Å². The van der Waals surface area contributed by atoms with Gasteiger partial charge in [-0.25, -0.2) is 0 Å². The molecular weight excluding hydrogens is 146 g/mol. The summed E-state index contributed by atoms with van der Waals surface area (Å²) in [5.74, 6) is 1.91. The van der Waals surface area contributed by atoms with Crippen molar-refractivity contribution in [3.05, 3.63) is 0 Å². The van der Waals surface area contributed by atoms with Crippen molar-refractivity contribution in [2.24, 2.45) is 17.3 Å². The zero-order valence-corrected chi connectivity index (χ0v) is 8.40. The van der Waals surface area contributed by atoms with E-state index >= 15 is 0 Å². The average Bonchev–Trinajstić information content (AvgIpc) is 2.82. The van der Waals surface area contributed by atoms with Crippen LogP contribution in [0.2, 0.25) is 0 Å². The Kier molecular flexibility index (Phi) is 2.16. The molecule has 2 saturated carbocycles. The van der Waals surface area contributed by atoms with E-state index in [1.165, 1.54) is 38.8 Å². The molecule has 0 aromatic heterocycles. The molecule has 0 aliphatic heterocycles. The Morgan fingerprint density at radius 2 is 2.00 bits per heavy atom. The zero-order valence-electron chi connectivity index (χ0n) is 8.40. The number of hydrogen-bond donors (Lipinski definition) is 1. The van der Waals surface area contributed by atoms with Gasteiger partial charge in [0.25, 0.3) is 0 Å². The number of hydrogen-bond acceptors (Lipinski definition) is 1. The van der Waals surface area contributed by atoms with Gasteiger partial charge in [-0.3, -0.25) is 0 Å². The van der Waals surface area contributed by atoms with Crippen LogP contribution in [-0.4, -0.2) is 13.1 Å². The molecule has 2 fully saturated rings. The van der Waals surface area contributed by atoms with E-state index in [9.17, 15) is 0 Å². The first kappa shape index (κ1) is 8.55. The van der Waals surface area contributed by atoms with Gasteiger partial charge >= 0.3 is 0 Å². The van der Waals surface area contributed by atoms with E-state index in [0.717, 1.165) is 17.3 Å². The minimum absolute atomic E-state index is 0.787. The molecule has 0 heterocycles. The quantitative estimate of drug-likeness (QED) is 0.663. The normalized spacial score (nSPS) is 26.2. The van der Waals surface area contributed by atoms with Crippen molar-refractivity contribution in [3.63, 3.8) is 0 Å². The first-order valence-electron chi connectivity index (χ1n) is 5.44. The van der Waals surface area contributed by atoms with Gasteiger partial charge < -0.3 is 5.32 Å². The molecule has 0 atom stereocenters. The maximum absolute atomic E-state index is 3.61. The van der Waals surface area contributed by atoms with Crippen molar-refractivity contribution in [2.75, 3.05) is 13.1 Å². The summed E-state index contributed by atoms with van der Waals surface area (Å²) in [6.07, 6.45) is 6.04. The van der Waals surface area contributed by atoms with E-state index in [4.69, 9.17) is 0 Å². The van der Waals surface area contributed by atoms with Crippen LogP contribution in [0.4, 0.5) is 0 Å². The van der Waals surface area contributed by atoms with Crippen LogP contribution in [-0.2, 0) is 0 Å². The molecule has 70 valence electrons. The number of rotatable bonds is 5. The van der Waals surface area contributed by atoms with Gasteiger partial charge in [0.15, 0.2) is 0 Å². The summed E-state index contributed by atoms with van der Waals surface area (Å²) in [5.41, 5.74) is 0.787. The van der Waals surface area contributed by atoms with E-state index in [1.807, 2.05) is 0 Å². The first-order chi connectivity index (χ1) is 5.73. The van der Waals surface area contributed by atoms with Gasteiger partial charge in [-0.2, -0.15) is 0 Å². The lowest BCUT2D eigenvalue weighted by Crippen LogP contribution is -2.28. The van der Waals surface area contributed by atoms with E-state index < -0.39 is 0 Å². The predicted octanol–water partition coefficient (Wildman–Crippen LogP) is 2.42. The van der Waals surface area contributed by atoms with Crippen LogP contribution in [0.15, 0.2) is 0 Å². The highest BCUT2D eigenvalue weighted by molar-refractivity contribution is 5.04. The minimum Gasteiger partial charge on any atom is -0.316 e. The minimum atomic E-state index is 0.787. The van der Waals surface area contributed by atoms with E-state index in [1.54, 1.807) is 0 Å². The summed E-state index contributed by atoms with van der Waals surface area (Å²) in [6, 6.07) is 0. The van der Waals surface area contributed by atoms with Crippen LogP contribution in [0, 0.1) is 17.3 Å². The lowest BCUT2D eigenvalue weighted by atomic mass is 10.0. The highest BCUT2D eigenvalue weighted by Crippen LogP contribution is 2.60. The predicted molar refractivity (Wildman–Crippen MR) is 52.1 cm³/mol. The molecular formula is C11H21N. The van der Waals surface area contributed by atoms with E-state index in [2.05, 4.69) is 19.2 Å². The van der Waals surface area contributed by atoms with Crippen LogP contribution in [0.1, 0.15) is 39.5 Å². The highest BCUT2D eigenvalue weighted by atomic mass is 14.9. The van der Waals surface area contributed by atoms with Crippen molar-refractivity contribution >= 4 is 0 Å². The van der Waals surface area contributed by atoms with Gasteiger partial charge in [-0.15, -0.1) is 0 Å². The molecule has 2 rings (SSSR count). The maximum Gasteiger partial charge on any atom is 0.00106 e. The Labute approximate surface area is 75.9 Å². The van der Waals surface area contributed by atoms with Crippen molar-refractivity contribution in [1.82, 2.24) is 5.32 Å². The number of nitrogens with one attached hydrogen (secondary N) is 1. The second-order valence-electron chi connectivity index (χ2n) is 5.16. The SMILES string of the molecule is CC(C)CNCC1(C2CC2)CC1. The molecule has 2 aliphatic carbocycles. The summed E-state index contributed by atoms with van der Waals surface area (Å²) >= 11 is 0. The molecule has 0 aromatic carbocycles. The van der Waals surface area contributed by atoms with Crippen LogP contribution in [0.5, 0.6) is 0 Å². The fraction of sp³-hybridized carbons (Fsp3) is 1.00. The summed E-state index contributed by atoms with van der Waals surface area (Å²) in [4.78, 5) is 0. The Morgan fingerprint density at radius 1 is 1.33 bits per heavy atom. The fourth-order valence-corrected chi connectivity index (χ4v) is 2.20. The molecule has 0 aromatic rings. The second-order valence-corrected chi connectivity index (χ2v) is 5.16. The van der Waals surface area contributed by atoms with Crippen LogP contribution >= 0.6 is 0 Å². The molecule has 0 unspecified atom stereocenters. The third-order valence-corrected chi connectivity index (χ3v) is 3.37. The van der Waals surface area contributed by atoms with E-state index in [0.29, 0.717) is 0 Å². The summed E-state index contributed by atoms with van der Waals surface area (Å²) in [7, 11) is 0. The van der Waals surface area contributed by atoms with Gasteiger partial charge in [-0.05, 0) is 49.5 Å². The molecule has 0 bridgehead atoms. The molecule has 0 spiro atoms. The Balaban J connectivity index is 1.65. The van der Waals surface area contributed by atoms with Gasteiger partial charge in [-0.1, -0.05) is 13.8 Å². The standard InChI is InChI=1S/C11H21N/c1-9(2)7-12-8-11(5-6-11)10-3-4-10/h9-10,12H,3-8H2,1-2H3. The van der Waals surface area contributed by atoms with Crippen molar-refractivity contribution in [1.29, 1.82) is 0 Å². The van der Waals surface area contributed by atoms with Gasteiger partial charge in [0.2, 0.25) is 0 Å². The Hall–Kier alpha value is -0.0400. The van der Waals surface area contributed by atoms with Crippen molar-refractivity contribution in [2.45, 2.75) is 39.5 Å². The third kappa shape index (κ3) is 1.82. The first-order valence-corrected chi connectivity index (χ1v) is 5.44. The molecule has 12 heavy (non-hydrogen) atoms. The molecule has 1 N–H and O–H groups in total. The Bertz CT molecular complexity index is 154. The molecule has 0 saturated heterocycles. The average molecular weight is 167 g/mol. The monoisotopic (exact) mass is 167 g/mol. The molecule has 2 aliphatic rings. The highest BCUT2D eigenvalue weighted by Gasteiger charge is 2.53. The lowest BCUT2D eigenvalue weighted by Gasteiger charge is -2.15. The molecule has 1 heteroatoms. The smallest absolute Gasteiger partial charge is 0.00106 e. The van der Waals surface area contributed by atoms with Crippen molar-refractivity contribution in [3.8, 4) is 0 Å². The second kappa shape index (κ2) is 3.02. The lowest BCUT2D eigenvalue weighted by molar-refractivity contribution is 0.390. The zero-order chi connectivity index (χ0) is 8.60. The van der Waals surface area contributed by atoms with E-state index in [-0.39, 0.29) is 0 Å². The summed E-state index contributed by atoms with van der Waals surface area (Å²) in [6.45, 7) is 7.07. The van der Waals surface area contributed by atoms with Gasteiger partial charge in [0.1, 0.15) is 0 Å². The van der Waals surface area contributed by atoms with Gasteiger partial charge in [0.05, 0.1) is 0 Å². The maximum atomic E-state index is 3.61.